The molecule has 1 aromatic rings. The monoisotopic (exact) mass is 283 g/mol. The van der Waals surface area contributed by atoms with Crippen molar-refractivity contribution < 1.29 is 0 Å². The summed E-state index contributed by atoms with van der Waals surface area (Å²) in [5.41, 5.74) is 13.4. The smallest absolute Gasteiger partial charge is 0.126 e. The predicted molar refractivity (Wildman–Crippen MR) is 83.1 cm³/mol. The van der Waals surface area contributed by atoms with Crippen molar-refractivity contribution in [1.82, 2.24) is 4.98 Å². The molecule has 3 atom stereocenters. The number of rotatable bonds is 4. The standard InChI is InChI=1S/C13H21N3S2/c1-2-11-12(18-7-6-17-11)10(14)8-9-4-3-5-16-13(9)15/h3-5,10-12H,2,6-8,14H2,1H3,(H2,15,16). The molecule has 2 rings (SSSR count). The summed E-state index contributed by atoms with van der Waals surface area (Å²) in [5.74, 6) is 3.08. The maximum atomic E-state index is 6.40. The second-order valence-electron chi connectivity index (χ2n) is 4.57. The van der Waals surface area contributed by atoms with E-state index in [2.05, 4.69) is 23.7 Å². The van der Waals surface area contributed by atoms with Crippen LogP contribution in [0.15, 0.2) is 18.3 Å². The average Bonchev–Trinajstić information content (AvgIpc) is 2.41. The average molecular weight is 283 g/mol. The number of nitrogens with two attached hydrogens (primary N) is 2. The van der Waals surface area contributed by atoms with E-state index >= 15 is 0 Å². The van der Waals surface area contributed by atoms with E-state index in [1.807, 2.05) is 23.9 Å². The van der Waals surface area contributed by atoms with E-state index in [4.69, 9.17) is 11.5 Å². The van der Waals surface area contributed by atoms with Gasteiger partial charge in [-0.3, -0.25) is 0 Å². The fourth-order valence-electron chi connectivity index (χ4n) is 2.33. The third-order valence-electron chi connectivity index (χ3n) is 3.30. The number of anilines is 1. The molecule has 18 heavy (non-hydrogen) atoms. The number of aromatic nitrogens is 1. The van der Waals surface area contributed by atoms with Crippen molar-refractivity contribution in [3.8, 4) is 0 Å². The van der Waals surface area contributed by atoms with Gasteiger partial charge in [-0.1, -0.05) is 13.0 Å². The molecule has 0 saturated carbocycles. The van der Waals surface area contributed by atoms with Crippen molar-refractivity contribution in [2.75, 3.05) is 17.2 Å². The Balaban J connectivity index is 2.02. The van der Waals surface area contributed by atoms with Gasteiger partial charge in [-0.2, -0.15) is 23.5 Å². The van der Waals surface area contributed by atoms with Crippen LogP contribution in [0.4, 0.5) is 5.82 Å². The van der Waals surface area contributed by atoms with Gasteiger partial charge in [-0.25, -0.2) is 4.98 Å². The quantitative estimate of drug-likeness (QED) is 0.886. The van der Waals surface area contributed by atoms with Gasteiger partial charge in [0.15, 0.2) is 0 Å². The van der Waals surface area contributed by atoms with E-state index in [1.165, 1.54) is 17.9 Å². The number of nitrogen functional groups attached to an aromatic ring is 1. The second kappa shape index (κ2) is 6.68. The van der Waals surface area contributed by atoms with Crippen LogP contribution in [-0.4, -0.2) is 33.0 Å². The van der Waals surface area contributed by atoms with Gasteiger partial charge in [0.2, 0.25) is 0 Å². The first-order valence-corrected chi connectivity index (χ1v) is 8.50. The molecule has 1 saturated heterocycles. The fourth-order valence-corrected chi connectivity index (χ4v) is 5.52. The van der Waals surface area contributed by atoms with E-state index in [0.29, 0.717) is 16.3 Å². The molecule has 0 radical (unpaired) electrons. The minimum absolute atomic E-state index is 0.166. The number of pyridine rings is 1. The van der Waals surface area contributed by atoms with Crippen molar-refractivity contribution in [2.45, 2.75) is 36.3 Å². The summed E-state index contributed by atoms with van der Waals surface area (Å²) >= 11 is 4.09. The molecule has 2 heterocycles. The Morgan fingerprint density at radius 3 is 2.94 bits per heavy atom. The molecule has 0 bridgehead atoms. The van der Waals surface area contributed by atoms with Crippen molar-refractivity contribution in [1.29, 1.82) is 0 Å². The van der Waals surface area contributed by atoms with Gasteiger partial charge in [0.1, 0.15) is 5.82 Å². The summed E-state index contributed by atoms with van der Waals surface area (Å²) < 4.78 is 0. The lowest BCUT2D eigenvalue weighted by Gasteiger charge is -2.34. The number of hydrogen-bond acceptors (Lipinski definition) is 5. The van der Waals surface area contributed by atoms with Gasteiger partial charge in [0.05, 0.1) is 0 Å². The van der Waals surface area contributed by atoms with E-state index in [1.54, 1.807) is 6.20 Å². The summed E-state index contributed by atoms with van der Waals surface area (Å²) in [6.45, 7) is 2.25. The van der Waals surface area contributed by atoms with Crippen LogP contribution in [0.25, 0.3) is 0 Å². The third kappa shape index (κ3) is 3.33. The highest BCUT2D eigenvalue weighted by Crippen LogP contribution is 2.35. The molecule has 0 aromatic carbocycles. The Labute approximate surface area is 117 Å². The Morgan fingerprint density at radius 1 is 1.44 bits per heavy atom. The second-order valence-corrected chi connectivity index (χ2v) is 7.20. The van der Waals surface area contributed by atoms with Crippen LogP contribution in [0.3, 0.4) is 0 Å². The molecule has 3 unspecified atom stereocenters. The number of thioether (sulfide) groups is 2. The molecule has 1 aliphatic heterocycles. The minimum atomic E-state index is 0.166. The third-order valence-corrected chi connectivity index (χ3v) is 6.73. The van der Waals surface area contributed by atoms with E-state index in [-0.39, 0.29) is 6.04 Å². The highest BCUT2D eigenvalue weighted by atomic mass is 32.2. The van der Waals surface area contributed by atoms with Gasteiger partial charge in [-0.15, -0.1) is 0 Å². The van der Waals surface area contributed by atoms with Gasteiger partial charge >= 0.3 is 0 Å². The zero-order valence-corrected chi connectivity index (χ0v) is 12.3. The summed E-state index contributed by atoms with van der Waals surface area (Å²) in [7, 11) is 0. The lowest BCUT2D eigenvalue weighted by molar-refractivity contribution is 0.597. The summed E-state index contributed by atoms with van der Waals surface area (Å²) in [6, 6.07) is 4.13. The Kier molecular flexibility index (Phi) is 5.21. The van der Waals surface area contributed by atoms with Gasteiger partial charge < -0.3 is 11.5 Å². The van der Waals surface area contributed by atoms with E-state index in [0.717, 1.165) is 12.0 Å². The Hall–Kier alpha value is -0.390. The minimum Gasteiger partial charge on any atom is -0.383 e. The van der Waals surface area contributed by atoms with Crippen LogP contribution in [-0.2, 0) is 6.42 Å². The van der Waals surface area contributed by atoms with Crippen molar-refractivity contribution >= 4 is 29.3 Å². The van der Waals surface area contributed by atoms with Crippen LogP contribution < -0.4 is 11.5 Å². The first-order chi connectivity index (χ1) is 8.72. The summed E-state index contributed by atoms with van der Waals surface area (Å²) in [4.78, 5) is 4.13. The van der Waals surface area contributed by atoms with Crippen LogP contribution in [0, 0.1) is 0 Å². The Bertz CT molecular complexity index is 386. The van der Waals surface area contributed by atoms with Crippen LogP contribution in [0.2, 0.25) is 0 Å². The normalized spacial score (nSPS) is 25.9. The molecular weight excluding hydrogens is 262 g/mol. The summed E-state index contributed by atoms with van der Waals surface area (Å²) in [6.07, 6.45) is 3.75. The van der Waals surface area contributed by atoms with Crippen molar-refractivity contribution in [3.63, 3.8) is 0 Å². The van der Waals surface area contributed by atoms with Crippen molar-refractivity contribution in [2.24, 2.45) is 5.73 Å². The molecular formula is C13H21N3S2. The molecule has 0 amide bonds. The first-order valence-electron chi connectivity index (χ1n) is 6.40. The predicted octanol–water partition coefficient (Wildman–Crippen LogP) is 2.16. The molecule has 4 N–H and O–H groups in total. The van der Waals surface area contributed by atoms with Crippen LogP contribution in [0.1, 0.15) is 18.9 Å². The zero-order chi connectivity index (χ0) is 13.0. The van der Waals surface area contributed by atoms with Crippen LogP contribution >= 0.6 is 23.5 Å². The molecule has 5 heteroatoms. The number of hydrogen-bond donors (Lipinski definition) is 2. The van der Waals surface area contributed by atoms with Crippen molar-refractivity contribution in [3.05, 3.63) is 23.9 Å². The van der Waals surface area contributed by atoms with Crippen LogP contribution in [0.5, 0.6) is 0 Å². The highest BCUT2D eigenvalue weighted by molar-refractivity contribution is 8.07. The maximum absolute atomic E-state index is 6.40. The lowest BCUT2D eigenvalue weighted by Crippen LogP contribution is -2.43. The highest BCUT2D eigenvalue weighted by Gasteiger charge is 2.30. The largest absolute Gasteiger partial charge is 0.383 e. The SMILES string of the molecule is CCC1SCCSC1C(N)Cc1cccnc1N. The summed E-state index contributed by atoms with van der Waals surface area (Å²) in [5, 5.41) is 1.21. The molecule has 0 aliphatic carbocycles. The molecule has 0 spiro atoms. The molecule has 1 fully saturated rings. The number of nitrogens with zero attached hydrogens (tertiary/aromatic N) is 1. The van der Waals surface area contributed by atoms with E-state index in [9.17, 15) is 0 Å². The molecule has 3 nitrogen and oxygen atoms in total. The van der Waals surface area contributed by atoms with Gasteiger partial charge in [-0.05, 0) is 24.5 Å². The maximum Gasteiger partial charge on any atom is 0.126 e. The topological polar surface area (TPSA) is 64.9 Å². The lowest BCUT2D eigenvalue weighted by atomic mass is 10.0. The first kappa shape index (κ1) is 14.0. The van der Waals surface area contributed by atoms with Gasteiger partial charge in [0.25, 0.3) is 0 Å². The fraction of sp³-hybridized carbons (Fsp3) is 0.615. The van der Waals surface area contributed by atoms with Gasteiger partial charge in [0, 0.05) is 34.2 Å². The molecule has 1 aromatic heterocycles. The molecule has 1 aliphatic rings. The Morgan fingerprint density at radius 2 is 2.22 bits per heavy atom. The zero-order valence-electron chi connectivity index (χ0n) is 10.7. The van der Waals surface area contributed by atoms with E-state index < -0.39 is 0 Å². The molecule has 100 valence electrons.